The lowest BCUT2D eigenvalue weighted by Crippen LogP contribution is -2.34. The first-order chi connectivity index (χ1) is 16.0. The lowest BCUT2D eigenvalue weighted by molar-refractivity contribution is -0.120. The summed E-state index contributed by atoms with van der Waals surface area (Å²) < 4.78 is 11.0. The molecule has 6 heteroatoms. The molecule has 6 nitrogen and oxygen atoms in total. The number of para-hydroxylation sites is 1. The van der Waals surface area contributed by atoms with Gasteiger partial charge in [0.15, 0.2) is 0 Å². The van der Waals surface area contributed by atoms with E-state index in [4.69, 9.17) is 9.47 Å². The molecule has 0 spiro atoms. The maximum absolute atomic E-state index is 13.6. The summed E-state index contributed by atoms with van der Waals surface area (Å²) >= 11 is 0. The first kappa shape index (κ1) is 22.1. The standard InChI is InChI=1S/C27H26N2O4/c1-4-32-22-15-11-19(12-16-22)24-25(28(3)20-9-7-6-8-10-20)27(31)29(26(24)30)21-13-17-23(18-14-21)33-5-2/h6-18H,4-5H2,1-3H3. The summed E-state index contributed by atoms with van der Waals surface area (Å²) in [5.74, 6) is 0.645. The van der Waals surface area contributed by atoms with Crippen LogP contribution >= 0.6 is 0 Å². The Morgan fingerprint density at radius 3 is 1.82 bits per heavy atom. The number of amides is 2. The van der Waals surface area contributed by atoms with E-state index in [1.165, 1.54) is 4.90 Å². The number of hydrogen-bond acceptors (Lipinski definition) is 5. The van der Waals surface area contributed by atoms with Crippen molar-refractivity contribution in [1.29, 1.82) is 0 Å². The topological polar surface area (TPSA) is 59.1 Å². The Kier molecular flexibility index (Phi) is 6.45. The van der Waals surface area contributed by atoms with Gasteiger partial charge in [-0.15, -0.1) is 0 Å². The molecule has 0 radical (unpaired) electrons. The number of rotatable bonds is 8. The highest BCUT2D eigenvalue weighted by molar-refractivity contribution is 6.46. The molecule has 0 unspecified atom stereocenters. The number of ether oxygens (including phenoxy) is 2. The number of benzene rings is 3. The Morgan fingerprint density at radius 2 is 1.27 bits per heavy atom. The van der Waals surface area contributed by atoms with Gasteiger partial charge in [0.05, 0.1) is 24.5 Å². The number of carbonyl (C=O) groups excluding carboxylic acids is 2. The molecule has 0 saturated heterocycles. The van der Waals surface area contributed by atoms with E-state index in [1.54, 1.807) is 36.2 Å². The third-order valence-electron chi connectivity index (χ3n) is 5.40. The van der Waals surface area contributed by atoms with E-state index < -0.39 is 0 Å². The lowest BCUT2D eigenvalue weighted by Gasteiger charge is -2.21. The van der Waals surface area contributed by atoms with Crippen LogP contribution in [-0.2, 0) is 9.59 Å². The van der Waals surface area contributed by atoms with Crippen LogP contribution in [0.1, 0.15) is 19.4 Å². The molecule has 4 rings (SSSR count). The molecule has 1 heterocycles. The van der Waals surface area contributed by atoms with Crippen LogP contribution in [0.25, 0.3) is 5.57 Å². The zero-order chi connectivity index (χ0) is 23.4. The molecule has 2 amide bonds. The van der Waals surface area contributed by atoms with Crippen molar-refractivity contribution in [2.24, 2.45) is 0 Å². The first-order valence-electron chi connectivity index (χ1n) is 10.9. The molecule has 33 heavy (non-hydrogen) atoms. The molecule has 0 fully saturated rings. The minimum atomic E-state index is -0.376. The Balaban J connectivity index is 1.79. The van der Waals surface area contributed by atoms with Gasteiger partial charge >= 0.3 is 0 Å². The second-order valence-corrected chi connectivity index (χ2v) is 7.45. The van der Waals surface area contributed by atoms with E-state index in [9.17, 15) is 9.59 Å². The van der Waals surface area contributed by atoms with Crippen LogP contribution in [0.5, 0.6) is 11.5 Å². The van der Waals surface area contributed by atoms with Crippen LogP contribution in [0.2, 0.25) is 0 Å². The molecule has 3 aromatic rings. The van der Waals surface area contributed by atoms with Crippen molar-refractivity contribution >= 4 is 28.8 Å². The van der Waals surface area contributed by atoms with Crippen molar-refractivity contribution in [1.82, 2.24) is 0 Å². The van der Waals surface area contributed by atoms with E-state index in [-0.39, 0.29) is 11.8 Å². The van der Waals surface area contributed by atoms with Gasteiger partial charge in [0.1, 0.15) is 17.2 Å². The van der Waals surface area contributed by atoms with Crippen molar-refractivity contribution in [2.75, 3.05) is 30.1 Å². The smallest absolute Gasteiger partial charge is 0.282 e. The maximum Gasteiger partial charge on any atom is 0.282 e. The van der Waals surface area contributed by atoms with Crippen molar-refractivity contribution < 1.29 is 19.1 Å². The average Bonchev–Trinajstić information content (AvgIpc) is 3.10. The number of carbonyl (C=O) groups is 2. The van der Waals surface area contributed by atoms with E-state index in [0.717, 1.165) is 5.69 Å². The van der Waals surface area contributed by atoms with Crippen LogP contribution in [0, 0.1) is 0 Å². The number of imide groups is 1. The lowest BCUT2D eigenvalue weighted by atomic mass is 10.0. The highest BCUT2D eigenvalue weighted by Gasteiger charge is 2.42. The van der Waals surface area contributed by atoms with Gasteiger partial charge in [0.2, 0.25) is 0 Å². The van der Waals surface area contributed by atoms with Gasteiger partial charge in [-0.3, -0.25) is 9.59 Å². The van der Waals surface area contributed by atoms with Gasteiger partial charge in [-0.2, -0.15) is 0 Å². The van der Waals surface area contributed by atoms with Crippen molar-refractivity contribution in [3.63, 3.8) is 0 Å². The molecule has 1 aliphatic heterocycles. The molecule has 0 saturated carbocycles. The van der Waals surface area contributed by atoms with Crippen LogP contribution in [0.3, 0.4) is 0 Å². The first-order valence-corrected chi connectivity index (χ1v) is 10.9. The third kappa shape index (κ3) is 4.32. The minimum Gasteiger partial charge on any atom is -0.494 e. The summed E-state index contributed by atoms with van der Waals surface area (Å²) in [6.07, 6.45) is 0. The number of likely N-dealkylation sites (N-methyl/N-ethyl adjacent to an activating group) is 1. The number of hydrogen-bond donors (Lipinski definition) is 0. The quantitative estimate of drug-likeness (QED) is 0.464. The molecule has 3 aromatic carbocycles. The molecular weight excluding hydrogens is 416 g/mol. The molecule has 168 valence electrons. The monoisotopic (exact) mass is 442 g/mol. The zero-order valence-electron chi connectivity index (χ0n) is 18.9. The largest absolute Gasteiger partial charge is 0.494 e. The van der Waals surface area contributed by atoms with E-state index >= 15 is 0 Å². The summed E-state index contributed by atoms with van der Waals surface area (Å²) in [6.45, 7) is 4.90. The number of anilines is 2. The summed E-state index contributed by atoms with van der Waals surface area (Å²) in [7, 11) is 1.80. The SMILES string of the molecule is CCOc1ccc(C2=C(N(C)c3ccccc3)C(=O)N(c3ccc(OCC)cc3)C2=O)cc1. The van der Waals surface area contributed by atoms with E-state index in [1.807, 2.05) is 68.4 Å². The summed E-state index contributed by atoms with van der Waals surface area (Å²) in [4.78, 5) is 30.3. The van der Waals surface area contributed by atoms with Crippen molar-refractivity contribution in [3.05, 3.63) is 90.1 Å². The van der Waals surface area contributed by atoms with Gasteiger partial charge in [-0.1, -0.05) is 30.3 Å². The van der Waals surface area contributed by atoms with Crippen LogP contribution in [0.15, 0.2) is 84.6 Å². The Labute approximate surface area is 193 Å². The third-order valence-corrected chi connectivity index (χ3v) is 5.40. The Hall–Kier alpha value is -4.06. The van der Waals surface area contributed by atoms with Gasteiger partial charge < -0.3 is 14.4 Å². The minimum absolute atomic E-state index is 0.323. The zero-order valence-corrected chi connectivity index (χ0v) is 18.9. The van der Waals surface area contributed by atoms with Gasteiger partial charge in [-0.25, -0.2) is 4.90 Å². The second-order valence-electron chi connectivity index (χ2n) is 7.45. The van der Waals surface area contributed by atoms with Crippen molar-refractivity contribution in [3.8, 4) is 11.5 Å². The fourth-order valence-corrected chi connectivity index (χ4v) is 3.85. The van der Waals surface area contributed by atoms with E-state index in [0.29, 0.717) is 47.2 Å². The van der Waals surface area contributed by atoms with E-state index in [2.05, 4.69) is 0 Å². The highest BCUT2D eigenvalue weighted by atomic mass is 16.5. The molecular formula is C27H26N2O4. The summed E-state index contributed by atoms with van der Waals surface area (Å²) in [6, 6.07) is 23.7. The number of nitrogens with zero attached hydrogens (tertiary/aromatic N) is 2. The molecule has 1 aliphatic rings. The molecule has 0 atom stereocenters. The summed E-state index contributed by atoms with van der Waals surface area (Å²) in [5, 5.41) is 0. The molecule has 0 aromatic heterocycles. The fraction of sp³-hybridized carbons (Fsp3) is 0.185. The highest BCUT2D eigenvalue weighted by Crippen LogP contribution is 2.37. The maximum atomic E-state index is 13.6. The summed E-state index contributed by atoms with van der Waals surface area (Å²) in [5.41, 5.74) is 2.63. The predicted molar refractivity (Wildman–Crippen MR) is 129 cm³/mol. The molecule has 0 N–H and O–H groups in total. The predicted octanol–water partition coefficient (Wildman–Crippen LogP) is 4.90. The van der Waals surface area contributed by atoms with Gasteiger partial charge in [0.25, 0.3) is 11.8 Å². The average molecular weight is 443 g/mol. The fourth-order valence-electron chi connectivity index (χ4n) is 3.85. The van der Waals surface area contributed by atoms with Crippen molar-refractivity contribution in [2.45, 2.75) is 13.8 Å². The van der Waals surface area contributed by atoms with Gasteiger partial charge in [0, 0.05) is 12.7 Å². The van der Waals surface area contributed by atoms with Gasteiger partial charge in [-0.05, 0) is 67.9 Å². The van der Waals surface area contributed by atoms with Crippen LogP contribution in [0.4, 0.5) is 11.4 Å². The Morgan fingerprint density at radius 1 is 0.727 bits per heavy atom. The Bertz CT molecular complexity index is 1170. The van der Waals surface area contributed by atoms with Crippen LogP contribution in [-0.4, -0.2) is 32.1 Å². The second kappa shape index (κ2) is 9.61. The normalized spacial score (nSPS) is 13.5. The van der Waals surface area contributed by atoms with Crippen LogP contribution < -0.4 is 19.3 Å². The molecule has 0 bridgehead atoms. The molecule has 0 aliphatic carbocycles.